The van der Waals surface area contributed by atoms with Crippen LogP contribution in [0.4, 0.5) is 5.82 Å². The number of nitrogen functional groups attached to an aromatic ring is 1. The van der Waals surface area contributed by atoms with Crippen molar-refractivity contribution < 1.29 is 4.74 Å². The van der Waals surface area contributed by atoms with Gasteiger partial charge in [-0.2, -0.15) is 5.10 Å². The lowest BCUT2D eigenvalue weighted by atomic mass is 10.2. The molecule has 0 aliphatic carbocycles. The van der Waals surface area contributed by atoms with Gasteiger partial charge in [0.1, 0.15) is 12.1 Å². The quantitative estimate of drug-likeness (QED) is 0.873. The molecular formula is C12H17N5O. The minimum Gasteiger partial charge on any atom is -0.383 e. The Bertz CT molecular complexity index is 559. The lowest BCUT2D eigenvalue weighted by Gasteiger charge is -2.22. The number of rotatable bonds is 2. The summed E-state index contributed by atoms with van der Waals surface area (Å²) in [6.45, 7) is 2.84. The maximum absolute atomic E-state index is 5.93. The summed E-state index contributed by atoms with van der Waals surface area (Å²) < 4.78 is 7.64. The molecule has 6 nitrogen and oxygen atoms in total. The first kappa shape index (κ1) is 11.4. The minimum atomic E-state index is -0.0177. The van der Waals surface area contributed by atoms with Crippen molar-refractivity contribution in [2.24, 2.45) is 0 Å². The number of hydrogen-bond acceptors (Lipinski definition) is 5. The van der Waals surface area contributed by atoms with Gasteiger partial charge < -0.3 is 10.5 Å². The Labute approximate surface area is 105 Å². The van der Waals surface area contributed by atoms with Gasteiger partial charge in [-0.1, -0.05) is 6.92 Å². The van der Waals surface area contributed by atoms with Crippen LogP contribution in [0.25, 0.3) is 11.0 Å². The van der Waals surface area contributed by atoms with Crippen LogP contribution in [0, 0.1) is 0 Å². The number of nitrogens with zero attached hydrogens (tertiary/aromatic N) is 4. The second-order valence-corrected chi connectivity index (χ2v) is 4.52. The Morgan fingerprint density at radius 2 is 2.33 bits per heavy atom. The predicted octanol–water partition coefficient (Wildman–Crippen LogP) is 1.67. The molecule has 2 aromatic heterocycles. The van der Waals surface area contributed by atoms with Gasteiger partial charge >= 0.3 is 0 Å². The SMILES string of the molecule is CCc1nn(C2CCCCO2)c2ncnc(N)c12. The molecule has 2 N–H and O–H groups in total. The van der Waals surface area contributed by atoms with Crippen molar-refractivity contribution in [3.63, 3.8) is 0 Å². The Kier molecular flexibility index (Phi) is 2.87. The van der Waals surface area contributed by atoms with Gasteiger partial charge in [0.05, 0.1) is 11.1 Å². The number of nitrogens with two attached hydrogens (primary N) is 1. The number of anilines is 1. The molecule has 6 heteroatoms. The van der Waals surface area contributed by atoms with Gasteiger partial charge in [0.15, 0.2) is 11.9 Å². The summed E-state index contributed by atoms with van der Waals surface area (Å²) in [5, 5.41) is 5.47. The fourth-order valence-corrected chi connectivity index (χ4v) is 2.43. The van der Waals surface area contributed by atoms with Crippen molar-refractivity contribution in [1.82, 2.24) is 19.7 Å². The molecule has 1 atom stereocenters. The second-order valence-electron chi connectivity index (χ2n) is 4.52. The van der Waals surface area contributed by atoms with Crippen LogP contribution < -0.4 is 5.73 Å². The van der Waals surface area contributed by atoms with Crippen molar-refractivity contribution in [1.29, 1.82) is 0 Å². The smallest absolute Gasteiger partial charge is 0.166 e. The molecule has 2 aromatic rings. The van der Waals surface area contributed by atoms with E-state index in [0.29, 0.717) is 5.82 Å². The normalized spacial score (nSPS) is 20.4. The van der Waals surface area contributed by atoms with Crippen LogP contribution in [0.2, 0.25) is 0 Å². The first-order valence-electron chi connectivity index (χ1n) is 6.40. The Morgan fingerprint density at radius 1 is 1.44 bits per heavy atom. The summed E-state index contributed by atoms with van der Waals surface area (Å²) >= 11 is 0. The molecule has 3 rings (SSSR count). The van der Waals surface area contributed by atoms with E-state index in [-0.39, 0.29) is 6.23 Å². The first-order chi connectivity index (χ1) is 8.81. The largest absolute Gasteiger partial charge is 0.383 e. The molecule has 96 valence electrons. The monoisotopic (exact) mass is 247 g/mol. The number of ether oxygens (including phenoxy) is 1. The maximum Gasteiger partial charge on any atom is 0.166 e. The predicted molar refractivity (Wildman–Crippen MR) is 68.0 cm³/mol. The maximum atomic E-state index is 5.93. The van der Waals surface area contributed by atoms with Crippen molar-refractivity contribution in [3.05, 3.63) is 12.0 Å². The molecule has 0 bridgehead atoms. The van der Waals surface area contributed by atoms with Crippen LogP contribution in [0.15, 0.2) is 6.33 Å². The number of aryl methyl sites for hydroxylation is 1. The van der Waals surface area contributed by atoms with E-state index < -0.39 is 0 Å². The van der Waals surface area contributed by atoms with Crippen molar-refractivity contribution >= 4 is 16.9 Å². The van der Waals surface area contributed by atoms with Crippen LogP contribution in [0.1, 0.15) is 38.1 Å². The zero-order chi connectivity index (χ0) is 12.5. The van der Waals surface area contributed by atoms with Crippen LogP contribution in [0.5, 0.6) is 0 Å². The zero-order valence-electron chi connectivity index (χ0n) is 10.5. The molecule has 0 radical (unpaired) electrons. The lowest BCUT2D eigenvalue weighted by Crippen LogP contribution is -2.19. The fourth-order valence-electron chi connectivity index (χ4n) is 2.43. The van der Waals surface area contributed by atoms with Gasteiger partial charge in [-0.05, 0) is 25.7 Å². The molecule has 18 heavy (non-hydrogen) atoms. The molecule has 0 spiro atoms. The lowest BCUT2D eigenvalue weighted by molar-refractivity contribution is -0.0372. The first-order valence-corrected chi connectivity index (χ1v) is 6.40. The third kappa shape index (κ3) is 1.73. The molecule has 1 saturated heterocycles. The van der Waals surface area contributed by atoms with Gasteiger partial charge in [0, 0.05) is 6.61 Å². The Hall–Kier alpha value is -1.69. The van der Waals surface area contributed by atoms with Gasteiger partial charge in [-0.15, -0.1) is 0 Å². The van der Waals surface area contributed by atoms with Crippen LogP contribution >= 0.6 is 0 Å². The standard InChI is InChI=1S/C12H17N5O/c1-2-8-10-11(13)14-7-15-12(10)17(16-8)9-5-3-4-6-18-9/h7,9H,2-6H2,1H3,(H2,13,14,15). The van der Waals surface area contributed by atoms with E-state index in [1.807, 2.05) is 4.68 Å². The molecule has 1 aliphatic rings. The highest BCUT2D eigenvalue weighted by atomic mass is 16.5. The van der Waals surface area contributed by atoms with Gasteiger partial charge in [0.25, 0.3) is 0 Å². The summed E-state index contributed by atoms with van der Waals surface area (Å²) in [6.07, 6.45) is 5.54. The van der Waals surface area contributed by atoms with E-state index in [1.165, 1.54) is 6.33 Å². The van der Waals surface area contributed by atoms with Crippen molar-refractivity contribution in [3.8, 4) is 0 Å². The van der Waals surface area contributed by atoms with Gasteiger partial charge in [0.2, 0.25) is 0 Å². The molecule has 0 amide bonds. The summed E-state index contributed by atoms with van der Waals surface area (Å²) in [5.74, 6) is 0.499. The summed E-state index contributed by atoms with van der Waals surface area (Å²) in [5.41, 5.74) is 7.66. The van der Waals surface area contributed by atoms with Crippen molar-refractivity contribution in [2.45, 2.75) is 38.8 Å². The highest BCUT2D eigenvalue weighted by molar-refractivity contribution is 5.88. The third-order valence-electron chi connectivity index (χ3n) is 3.35. The molecular weight excluding hydrogens is 230 g/mol. The fraction of sp³-hybridized carbons (Fsp3) is 0.583. The number of aromatic nitrogens is 4. The average Bonchev–Trinajstić information content (AvgIpc) is 2.80. The molecule has 0 aromatic carbocycles. The second kappa shape index (κ2) is 4.53. The summed E-state index contributed by atoms with van der Waals surface area (Å²) in [7, 11) is 0. The van der Waals surface area contributed by atoms with Crippen LogP contribution in [-0.4, -0.2) is 26.4 Å². The van der Waals surface area contributed by atoms with E-state index >= 15 is 0 Å². The average molecular weight is 247 g/mol. The summed E-state index contributed by atoms with van der Waals surface area (Å²) in [6, 6.07) is 0. The molecule has 0 saturated carbocycles. The van der Waals surface area contributed by atoms with Gasteiger partial charge in [-0.3, -0.25) is 0 Å². The highest BCUT2D eigenvalue weighted by Gasteiger charge is 2.22. The Balaban J connectivity index is 2.14. The van der Waals surface area contributed by atoms with E-state index in [0.717, 1.165) is 49.0 Å². The van der Waals surface area contributed by atoms with E-state index in [9.17, 15) is 0 Å². The van der Waals surface area contributed by atoms with Gasteiger partial charge in [-0.25, -0.2) is 14.6 Å². The number of hydrogen-bond donors (Lipinski definition) is 1. The third-order valence-corrected chi connectivity index (χ3v) is 3.35. The van der Waals surface area contributed by atoms with Crippen LogP contribution in [-0.2, 0) is 11.2 Å². The highest BCUT2D eigenvalue weighted by Crippen LogP contribution is 2.28. The molecule has 3 heterocycles. The minimum absolute atomic E-state index is 0.0177. The van der Waals surface area contributed by atoms with E-state index in [2.05, 4.69) is 22.0 Å². The summed E-state index contributed by atoms with van der Waals surface area (Å²) in [4.78, 5) is 8.36. The van der Waals surface area contributed by atoms with Crippen molar-refractivity contribution in [2.75, 3.05) is 12.3 Å². The molecule has 1 fully saturated rings. The zero-order valence-corrected chi connectivity index (χ0v) is 10.5. The van der Waals surface area contributed by atoms with E-state index in [1.54, 1.807) is 0 Å². The topological polar surface area (TPSA) is 78.8 Å². The Morgan fingerprint density at radius 3 is 3.06 bits per heavy atom. The van der Waals surface area contributed by atoms with Crippen LogP contribution in [0.3, 0.4) is 0 Å². The molecule has 1 aliphatic heterocycles. The van der Waals surface area contributed by atoms with E-state index in [4.69, 9.17) is 10.5 Å². The number of fused-ring (bicyclic) bond motifs is 1. The molecule has 1 unspecified atom stereocenters.